The van der Waals surface area contributed by atoms with Gasteiger partial charge < -0.3 is 9.47 Å². The Balaban J connectivity index is 1.50. The second-order valence-corrected chi connectivity index (χ2v) is 6.84. The number of hydrogen-bond acceptors (Lipinski definition) is 4. The highest BCUT2D eigenvalue weighted by Gasteiger charge is 2.40. The average molecular weight is 327 g/mol. The molecule has 0 bridgehead atoms. The predicted octanol–water partition coefficient (Wildman–Crippen LogP) is 2.49. The van der Waals surface area contributed by atoms with Crippen molar-refractivity contribution in [1.29, 1.82) is 0 Å². The van der Waals surface area contributed by atoms with E-state index in [2.05, 4.69) is 34.3 Å². The molecule has 4 rings (SSSR count). The van der Waals surface area contributed by atoms with Crippen molar-refractivity contribution in [2.45, 2.75) is 31.4 Å². The molecule has 1 aromatic carbocycles. The van der Waals surface area contributed by atoms with Gasteiger partial charge in [-0.3, -0.25) is 9.58 Å². The van der Waals surface area contributed by atoms with Crippen molar-refractivity contribution < 1.29 is 9.47 Å². The Morgan fingerprint density at radius 3 is 2.79 bits per heavy atom. The fraction of sp³-hybridized carbons (Fsp3) is 0.526. The zero-order valence-electron chi connectivity index (χ0n) is 14.5. The number of benzene rings is 1. The Kier molecular flexibility index (Phi) is 4.06. The molecule has 2 aliphatic rings. The van der Waals surface area contributed by atoms with Gasteiger partial charge in [-0.25, -0.2) is 0 Å². The molecule has 2 aromatic rings. The summed E-state index contributed by atoms with van der Waals surface area (Å²) in [6, 6.07) is 8.56. The van der Waals surface area contributed by atoms with Crippen LogP contribution in [0.5, 0.6) is 5.75 Å². The number of rotatable bonds is 3. The summed E-state index contributed by atoms with van der Waals surface area (Å²) in [4.78, 5) is 2.50. The van der Waals surface area contributed by atoms with Gasteiger partial charge >= 0.3 is 0 Å². The molecule has 0 amide bonds. The van der Waals surface area contributed by atoms with Crippen molar-refractivity contribution in [3.05, 3.63) is 47.3 Å². The fourth-order valence-electron chi connectivity index (χ4n) is 4.05. The van der Waals surface area contributed by atoms with Crippen LogP contribution < -0.4 is 4.74 Å². The first-order chi connectivity index (χ1) is 11.7. The summed E-state index contributed by atoms with van der Waals surface area (Å²) in [6.07, 6.45) is 4.94. The summed E-state index contributed by atoms with van der Waals surface area (Å²) in [5, 5.41) is 4.26. The third-order valence-electron chi connectivity index (χ3n) is 5.52. The Morgan fingerprint density at radius 1 is 1.25 bits per heavy atom. The van der Waals surface area contributed by atoms with Crippen molar-refractivity contribution in [3.63, 3.8) is 0 Å². The van der Waals surface area contributed by atoms with Crippen LogP contribution in [0.2, 0.25) is 0 Å². The van der Waals surface area contributed by atoms with Crippen molar-refractivity contribution in [3.8, 4) is 5.75 Å². The molecular weight excluding hydrogens is 302 g/mol. The van der Waals surface area contributed by atoms with Gasteiger partial charge in [0, 0.05) is 32.9 Å². The van der Waals surface area contributed by atoms with E-state index in [0.29, 0.717) is 0 Å². The van der Waals surface area contributed by atoms with Gasteiger partial charge in [-0.1, -0.05) is 6.07 Å². The molecule has 2 aliphatic heterocycles. The van der Waals surface area contributed by atoms with Gasteiger partial charge in [0.25, 0.3) is 0 Å². The molecule has 0 atom stereocenters. The van der Waals surface area contributed by atoms with Crippen LogP contribution in [0.4, 0.5) is 0 Å². The molecule has 0 saturated carbocycles. The molecule has 1 spiro atoms. The SMILES string of the molecule is COc1ccc2c(c1)CCOC21CCN(Cc2ccnn2C)CC1. The number of fused-ring (bicyclic) bond motifs is 2. The summed E-state index contributed by atoms with van der Waals surface area (Å²) in [5.74, 6) is 0.944. The number of likely N-dealkylation sites (tertiary alicyclic amines) is 1. The Labute approximate surface area is 143 Å². The molecule has 0 unspecified atom stereocenters. The monoisotopic (exact) mass is 327 g/mol. The van der Waals surface area contributed by atoms with Gasteiger partial charge in [0.15, 0.2) is 0 Å². The minimum Gasteiger partial charge on any atom is -0.497 e. The highest BCUT2D eigenvalue weighted by atomic mass is 16.5. The highest BCUT2D eigenvalue weighted by molar-refractivity contribution is 5.41. The first-order valence-electron chi connectivity index (χ1n) is 8.71. The van der Waals surface area contributed by atoms with Crippen LogP contribution in [0.25, 0.3) is 0 Å². The molecule has 24 heavy (non-hydrogen) atoms. The van der Waals surface area contributed by atoms with Crippen molar-refractivity contribution in [2.75, 3.05) is 26.8 Å². The third-order valence-corrected chi connectivity index (χ3v) is 5.52. The molecule has 5 nitrogen and oxygen atoms in total. The topological polar surface area (TPSA) is 39.5 Å². The van der Waals surface area contributed by atoms with E-state index in [1.807, 2.05) is 17.9 Å². The van der Waals surface area contributed by atoms with Crippen molar-refractivity contribution >= 4 is 0 Å². The summed E-state index contributed by atoms with van der Waals surface area (Å²) in [6.45, 7) is 3.87. The molecule has 3 heterocycles. The Hall–Kier alpha value is -1.85. The number of hydrogen-bond donors (Lipinski definition) is 0. The van der Waals surface area contributed by atoms with Gasteiger partial charge in [0.2, 0.25) is 0 Å². The van der Waals surface area contributed by atoms with Crippen LogP contribution in [0.15, 0.2) is 30.5 Å². The lowest BCUT2D eigenvalue weighted by Crippen LogP contribution is -2.46. The van der Waals surface area contributed by atoms with Crippen LogP contribution in [0, 0.1) is 0 Å². The maximum absolute atomic E-state index is 6.33. The van der Waals surface area contributed by atoms with E-state index in [4.69, 9.17) is 9.47 Å². The number of nitrogens with zero attached hydrogens (tertiary/aromatic N) is 3. The molecule has 128 valence electrons. The minimum atomic E-state index is -0.108. The lowest BCUT2D eigenvalue weighted by atomic mass is 9.79. The van der Waals surface area contributed by atoms with E-state index in [0.717, 1.165) is 51.3 Å². The van der Waals surface area contributed by atoms with Gasteiger partial charge in [-0.05, 0) is 48.6 Å². The molecular formula is C19H25N3O2. The standard InChI is InChI=1S/C19H25N3O2/c1-21-16(5-9-20-21)14-22-10-7-19(8-11-22)18-4-3-17(23-2)13-15(18)6-12-24-19/h3-5,9,13H,6-8,10-12,14H2,1-2H3. The molecule has 0 N–H and O–H groups in total. The molecule has 1 fully saturated rings. The van der Waals surface area contributed by atoms with Crippen LogP contribution in [-0.4, -0.2) is 41.5 Å². The smallest absolute Gasteiger partial charge is 0.119 e. The number of ether oxygens (including phenoxy) is 2. The quantitative estimate of drug-likeness (QED) is 0.868. The number of aromatic nitrogens is 2. The summed E-state index contributed by atoms with van der Waals surface area (Å²) in [7, 11) is 3.74. The van der Waals surface area contributed by atoms with Crippen LogP contribution in [-0.2, 0) is 30.4 Å². The number of methoxy groups -OCH3 is 1. The van der Waals surface area contributed by atoms with Gasteiger partial charge in [0.1, 0.15) is 5.75 Å². The maximum Gasteiger partial charge on any atom is 0.119 e. The first-order valence-corrected chi connectivity index (χ1v) is 8.71. The van der Waals surface area contributed by atoms with E-state index in [1.165, 1.54) is 16.8 Å². The molecule has 0 radical (unpaired) electrons. The molecule has 5 heteroatoms. The minimum absolute atomic E-state index is 0.108. The van der Waals surface area contributed by atoms with E-state index in [9.17, 15) is 0 Å². The first kappa shape index (κ1) is 15.7. The fourth-order valence-corrected chi connectivity index (χ4v) is 4.05. The van der Waals surface area contributed by atoms with Crippen molar-refractivity contribution in [1.82, 2.24) is 14.7 Å². The van der Waals surface area contributed by atoms with Crippen LogP contribution >= 0.6 is 0 Å². The van der Waals surface area contributed by atoms with Crippen LogP contribution in [0.3, 0.4) is 0 Å². The van der Waals surface area contributed by atoms with E-state index < -0.39 is 0 Å². The van der Waals surface area contributed by atoms with Gasteiger partial charge in [-0.15, -0.1) is 0 Å². The largest absolute Gasteiger partial charge is 0.497 e. The summed E-state index contributed by atoms with van der Waals surface area (Å²) in [5.41, 5.74) is 3.92. The van der Waals surface area contributed by atoms with E-state index in [1.54, 1.807) is 7.11 Å². The second-order valence-electron chi connectivity index (χ2n) is 6.84. The lowest BCUT2D eigenvalue weighted by molar-refractivity contribution is -0.0991. The summed E-state index contributed by atoms with van der Waals surface area (Å²) >= 11 is 0. The van der Waals surface area contributed by atoms with Gasteiger partial charge in [-0.2, -0.15) is 5.10 Å². The predicted molar refractivity (Wildman–Crippen MR) is 92.0 cm³/mol. The maximum atomic E-state index is 6.33. The van der Waals surface area contributed by atoms with Gasteiger partial charge in [0.05, 0.1) is 25.0 Å². The van der Waals surface area contributed by atoms with E-state index >= 15 is 0 Å². The Morgan fingerprint density at radius 2 is 2.08 bits per heavy atom. The number of aryl methyl sites for hydroxylation is 1. The number of piperidine rings is 1. The summed E-state index contributed by atoms with van der Waals surface area (Å²) < 4.78 is 13.7. The molecule has 1 saturated heterocycles. The Bertz CT molecular complexity index is 717. The lowest BCUT2D eigenvalue weighted by Gasteiger charge is -2.45. The normalized spacial score (nSPS) is 20.1. The zero-order chi connectivity index (χ0) is 16.6. The average Bonchev–Trinajstić information content (AvgIpc) is 3.02. The third kappa shape index (κ3) is 2.72. The molecule has 0 aliphatic carbocycles. The van der Waals surface area contributed by atoms with Crippen LogP contribution in [0.1, 0.15) is 29.7 Å². The second kappa shape index (κ2) is 6.22. The van der Waals surface area contributed by atoms with Crippen molar-refractivity contribution in [2.24, 2.45) is 7.05 Å². The zero-order valence-corrected chi connectivity index (χ0v) is 14.5. The molecule has 1 aromatic heterocycles. The highest BCUT2D eigenvalue weighted by Crippen LogP contribution is 2.42. The van der Waals surface area contributed by atoms with E-state index in [-0.39, 0.29) is 5.60 Å².